The minimum Gasteiger partial charge on any atom is -0.539 e. The largest absolute Gasteiger partial charge is 0.539 e. The number of nitrogens with zero attached hydrogens (tertiary/aromatic N) is 2. The molecule has 0 aliphatic carbocycles. The maximum Gasteiger partial charge on any atom is 0.221 e. The second-order valence-corrected chi connectivity index (χ2v) is 4.61. The van der Waals surface area contributed by atoms with Gasteiger partial charge in [0.05, 0.1) is 11.0 Å². The molecule has 2 rings (SSSR count). The van der Waals surface area contributed by atoms with Gasteiger partial charge in [-0.1, -0.05) is 22.4 Å². The molecule has 1 aromatic heterocycles. The lowest BCUT2D eigenvalue weighted by molar-refractivity contribution is -0.758. The summed E-state index contributed by atoms with van der Waals surface area (Å²) < 4.78 is 5.95. The van der Waals surface area contributed by atoms with Gasteiger partial charge in [-0.15, -0.1) is 11.8 Å². The monoisotopic (exact) mass is 236 g/mol. The van der Waals surface area contributed by atoms with Gasteiger partial charge in [-0.3, -0.25) is 0 Å². The van der Waals surface area contributed by atoms with Crippen LogP contribution in [0.25, 0.3) is 0 Å². The normalized spacial score (nSPS) is 10.6. The van der Waals surface area contributed by atoms with Crippen molar-refractivity contribution in [3.63, 3.8) is 0 Å². The molecule has 1 heterocycles. The first-order valence-corrected chi connectivity index (χ1v) is 5.95. The highest BCUT2D eigenvalue weighted by atomic mass is 32.2. The molecule has 84 valence electrons. The molecule has 0 spiro atoms. The number of aromatic nitrogens is 2. The van der Waals surface area contributed by atoms with Crippen molar-refractivity contribution < 1.29 is 14.3 Å². The lowest BCUT2D eigenvalue weighted by Crippen LogP contribution is -2.35. The van der Waals surface area contributed by atoms with E-state index in [1.54, 1.807) is 11.8 Å². The fourth-order valence-electron chi connectivity index (χ4n) is 1.26. The predicted octanol–water partition coefficient (Wildman–Crippen LogP) is 1.14. The number of rotatable bonds is 4. The molecule has 0 saturated carbocycles. The standard InChI is InChI=1S/C11H12N2O2S/c1-9-2-4-10(5-3-9)16-7-6-13-8-11(14)15-12-13/h2-5,8H,6-7H2,1H3. The van der Waals surface area contributed by atoms with Crippen molar-refractivity contribution >= 4 is 11.8 Å². The summed E-state index contributed by atoms with van der Waals surface area (Å²) in [6.45, 7) is 2.74. The van der Waals surface area contributed by atoms with Gasteiger partial charge in [0.15, 0.2) is 6.54 Å². The van der Waals surface area contributed by atoms with E-state index in [1.807, 2.05) is 0 Å². The number of hydrogen-bond donors (Lipinski definition) is 0. The average molecular weight is 236 g/mol. The van der Waals surface area contributed by atoms with Crippen molar-refractivity contribution in [3.8, 4) is 5.95 Å². The Hall–Kier alpha value is -1.49. The first-order valence-electron chi connectivity index (χ1n) is 4.97. The van der Waals surface area contributed by atoms with Crippen LogP contribution in [0.1, 0.15) is 5.56 Å². The molecule has 1 aromatic carbocycles. The molecule has 5 heteroatoms. The Morgan fingerprint density at radius 3 is 2.75 bits per heavy atom. The van der Waals surface area contributed by atoms with E-state index in [2.05, 4.69) is 41.0 Å². The molecular weight excluding hydrogens is 224 g/mol. The zero-order chi connectivity index (χ0) is 11.4. The van der Waals surface area contributed by atoms with E-state index in [1.165, 1.54) is 21.3 Å². The maximum atomic E-state index is 10.7. The van der Waals surface area contributed by atoms with Crippen LogP contribution < -0.4 is 9.79 Å². The van der Waals surface area contributed by atoms with Crippen LogP contribution in [0.5, 0.6) is 5.95 Å². The minimum absolute atomic E-state index is 0.402. The van der Waals surface area contributed by atoms with Crippen molar-refractivity contribution in [2.75, 3.05) is 5.75 Å². The van der Waals surface area contributed by atoms with Crippen LogP contribution in [0, 0.1) is 6.92 Å². The molecule has 0 bridgehead atoms. The molecule has 2 aromatic rings. The number of benzene rings is 1. The molecule has 0 radical (unpaired) electrons. The van der Waals surface area contributed by atoms with E-state index in [4.69, 9.17) is 0 Å². The van der Waals surface area contributed by atoms with Crippen LogP contribution >= 0.6 is 11.8 Å². The summed E-state index contributed by atoms with van der Waals surface area (Å²) >= 11 is 1.73. The molecule has 0 saturated heterocycles. The molecule has 16 heavy (non-hydrogen) atoms. The van der Waals surface area contributed by atoms with E-state index in [0.717, 1.165) is 5.75 Å². The van der Waals surface area contributed by atoms with E-state index in [9.17, 15) is 5.11 Å². The van der Waals surface area contributed by atoms with Gasteiger partial charge in [-0.25, -0.2) is 0 Å². The van der Waals surface area contributed by atoms with E-state index >= 15 is 0 Å². The number of hydrogen-bond acceptors (Lipinski definition) is 4. The molecule has 4 nitrogen and oxygen atoms in total. The molecule has 0 atom stereocenters. The van der Waals surface area contributed by atoms with Crippen molar-refractivity contribution in [2.45, 2.75) is 18.4 Å². The van der Waals surface area contributed by atoms with Crippen molar-refractivity contribution in [2.24, 2.45) is 0 Å². The summed E-state index contributed by atoms with van der Waals surface area (Å²) in [5.41, 5.74) is 1.26. The molecule has 0 unspecified atom stereocenters. The highest BCUT2D eigenvalue weighted by molar-refractivity contribution is 7.99. The molecule has 0 fully saturated rings. The van der Waals surface area contributed by atoms with Crippen LogP contribution in [0.4, 0.5) is 0 Å². The Bertz CT molecular complexity index is 453. The third-order valence-corrected chi connectivity index (χ3v) is 3.09. The maximum absolute atomic E-state index is 10.7. The Morgan fingerprint density at radius 2 is 2.12 bits per heavy atom. The van der Waals surface area contributed by atoms with Crippen LogP contribution in [0.3, 0.4) is 0 Å². The summed E-state index contributed by atoms with van der Waals surface area (Å²) in [5, 5.41) is 14.3. The summed E-state index contributed by atoms with van der Waals surface area (Å²) in [7, 11) is 0. The van der Waals surface area contributed by atoms with Gasteiger partial charge in [0, 0.05) is 4.90 Å². The second kappa shape index (κ2) is 5.03. The second-order valence-electron chi connectivity index (χ2n) is 3.45. The fraction of sp³-hybridized carbons (Fsp3) is 0.273. The van der Waals surface area contributed by atoms with Gasteiger partial charge in [0.25, 0.3) is 0 Å². The molecule has 0 N–H and O–H groups in total. The highest BCUT2D eigenvalue weighted by Gasteiger charge is 2.03. The molecule has 0 aliphatic heterocycles. The van der Waals surface area contributed by atoms with Gasteiger partial charge in [-0.2, -0.15) is 0 Å². The quantitative estimate of drug-likeness (QED) is 0.590. The lowest BCUT2D eigenvalue weighted by atomic mass is 10.2. The zero-order valence-corrected chi connectivity index (χ0v) is 9.74. The Labute approximate surface area is 97.9 Å². The Balaban J connectivity index is 1.82. The minimum atomic E-state index is -0.402. The van der Waals surface area contributed by atoms with Crippen molar-refractivity contribution in [1.29, 1.82) is 0 Å². The summed E-state index contributed by atoms with van der Waals surface area (Å²) in [5.74, 6) is 0.458. The Kier molecular flexibility index (Phi) is 3.46. The van der Waals surface area contributed by atoms with Crippen molar-refractivity contribution in [1.82, 2.24) is 5.27 Å². The third-order valence-electron chi connectivity index (χ3n) is 2.10. The van der Waals surface area contributed by atoms with Crippen molar-refractivity contribution in [3.05, 3.63) is 36.0 Å². The van der Waals surface area contributed by atoms with Gasteiger partial charge >= 0.3 is 0 Å². The van der Waals surface area contributed by atoms with Crippen LogP contribution in [0.15, 0.2) is 39.9 Å². The summed E-state index contributed by atoms with van der Waals surface area (Å²) in [4.78, 5) is 1.22. The van der Waals surface area contributed by atoms with E-state index in [0.29, 0.717) is 6.54 Å². The molecule has 0 aliphatic rings. The summed E-state index contributed by atoms with van der Waals surface area (Å²) in [6.07, 6.45) is 1.36. The lowest BCUT2D eigenvalue weighted by Gasteiger charge is -1.98. The van der Waals surface area contributed by atoms with Gasteiger partial charge < -0.3 is 9.63 Å². The van der Waals surface area contributed by atoms with Crippen LogP contribution in [-0.2, 0) is 6.54 Å². The van der Waals surface area contributed by atoms with Gasteiger partial charge in [0.2, 0.25) is 6.20 Å². The van der Waals surface area contributed by atoms with Crippen LogP contribution in [-0.4, -0.2) is 11.0 Å². The van der Waals surface area contributed by atoms with Gasteiger partial charge in [0.1, 0.15) is 5.95 Å². The topological polar surface area (TPSA) is 53.0 Å². The number of aryl methyl sites for hydroxylation is 2. The first-order chi connectivity index (χ1) is 7.74. The fourth-order valence-corrected chi connectivity index (χ4v) is 2.10. The van der Waals surface area contributed by atoms with E-state index < -0.39 is 5.95 Å². The number of thioether (sulfide) groups is 1. The van der Waals surface area contributed by atoms with E-state index in [-0.39, 0.29) is 0 Å². The van der Waals surface area contributed by atoms with Crippen LogP contribution in [0.2, 0.25) is 0 Å². The SMILES string of the molecule is Cc1ccc(SCC[n+]2cc([O-])on2)cc1. The average Bonchev–Trinajstić information content (AvgIpc) is 2.67. The molecule has 0 amide bonds. The predicted molar refractivity (Wildman–Crippen MR) is 58.0 cm³/mol. The first kappa shape index (κ1) is 11.0. The summed E-state index contributed by atoms with van der Waals surface area (Å²) in [6, 6.07) is 8.35. The zero-order valence-electron chi connectivity index (χ0n) is 8.92. The molecular formula is C11H12N2O2S. The highest BCUT2D eigenvalue weighted by Crippen LogP contribution is 2.17. The third kappa shape index (κ3) is 3.00. The Morgan fingerprint density at radius 1 is 1.38 bits per heavy atom. The van der Waals surface area contributed by atoms with Gasteiger partial charge in [-0.05, 0) is 19.1 Å². The smallest absolute Gasteiger partial charge is 0.221 e.